The number of sulfone groups is 1. The van der Waals surface area contributed by atoms with E-state index in [0.717, 1.165) is 33.6 Å². The van der Waals surface area contributed by atoms with Crippen molar-refractivity contribution in [2.75, 3.05) is 19.4 Å². The number of thioether (sulfide) groups is 1. The molecule has 0 amide bonds. The molecule has 2 heterocycles. The summed E-state index contributed by atoms with van der Waals surface area (Å²) in [5.74, 6) is 1.42. The molecule has 1 aromatic heterocycles. The fourth-order valence-corrected chi connectivity index (χ4v) is 5.84. The van der Waals surface area contributed by atoms with Gasteiger partial charge in [0, 0.05) is 29.9 Å². The Hall–Kier alpha value is -3.76. The Labute approximate surface area is 231 Å². The second-order valence-corrected chi connectivity index (χ2v) is 12.5. The Bertz CT molecular complexity index is 1610. The lowest BCUT2D eigenvalue weighted by molar-refractivity contribution is -0.141. The Morgan fingerprint density at radius 2 is 1.82 bits per heavy atom. The van der Waals surface area contributed by atoms with Crippen LogP contribution in [0.4, 0.5) is 0 Å². The van der Waals surface area contributed by atoms with Crippen LogP contribution < -0.4 is 9.47 Å². The molecule has 1 aliphatic rings. The van der Waals surface area contributed by atoms with E-state index >= 15 is 0 Å². The van der Waals surface area contributed by atoms with Gasteiger partial charge < -0.3 is 19.2 Å². The van der Waals surface area contributed by atoms with E-state index in [0.29, 0.717) is 37.0 Å². The fraction of sp³-hybridized carbons (Fsp3) is 0.241. The van der Waals surface area contributed by atoms with Crippen molar-refractivity contribution in [3.8, 4) is 17.2 Å². The molecule has 1 unspecified atom stereocenters. The molecule has 0 spiro atoms. The maximum absolute atomic E-state index is 11.8. The molecule has 1 atom stereocenters. The number of carbonyl (C=O) groups excluding carboxylic acids is 1. The maximum Gasteiger partial charge on any atom is 0.302 e. The van der Waals surface area contributed by atoms with E-state index in [-0.39, 0.29) is 16.1 Å². The minimum absolute atomic E-state index is 0.230. The van der Waals surface area contributed by atoms with Gasteiger partial charge in [0.05, 0.1) is 29.3 Å². The molecule has 4 aromatic rings. The summed E-state index contributed by atoms with van der Waals surface area (Å²) in [6, 6.07) is 22.0. The first-order valence-electron chi connectivity index (χ1n) is 12.4. The number of nitrogens with zero attached hydrogens (tertiary/aromatic N) is 1. The first kappa shape index (κ1) is 26.8. The van der Waals surface area contributed by atoms with Crippen molar-refractivity contribution in [2.45, 2.75) is 30.1 Å². The predicted molar refractivity (Wildman–Crippen MR) is 153 cm³/mol. The molecule has 0 aliphatic carbocycles. The van der Waals surface area contributed by atoms with Crippen molar-refractivity contribution in [1.82, 2.24) is 4.98 Å². The highest BCUT2D eigenvalue weighted by Gasteiger charge is 2.23. The van der Waals surface area contributed by atoms with Gasteiger partial charge in [0.1, 0.15) is 28.9 Å². The van der Waals surface area contributed by atoms with E-state index in [1.807, 2.05) is 48.5 Å². The quantitative estimate of drug-likeness (QED) is 0.244. The molecule has 0 bridgehead atoms. The van der Waals surface area contributed by atoms with Crippen molar-refractivity contribution < 1.29 is 27.4 Å². The highest BCUT2D eigenvalue weighted by atomic mass is 32.2. The number of esters is 1. The van der Waals surface area contributed by atoms with Crippen molar-refractivity contribution in [3.63, 3.8) is 0 Å². The number of carbonyl (C=O) groups is 1. The second-order valence-electron chi connectivity index (χ2n) is 9.20. The van der Waals surface area contributed by atoms with Gasteiger partial charge in [-0.05, 0) is 48.4 Å². The van der Waals surface area contributed by atoms with Crippen LogP contribution in [0, 0.1) is 0 Å². The molecule has 10 heteroatoms. The largest absolute Gasteiger partial charge is 0.487 e. The lowest BCUT2D eigenvalue weighted by atomic mass is 10.2. The molecule has 3 aromatic carbocycles. The van der Waals surface area contributed by atoms with Crippen LogP contribution in [0.3, 0.4) is 0 Å². The van der Waals surface area contributed by atoms with Gasteiger partial charge in [0.25, 0.3) is 0 Å². The Morgan fingerprint density at radius 3 is 2.54 bits per heavy atom. The third kappa shape index (κ3) is 6.82. The van der Waals surface area contributed by atoms with Crippen molar-refractivity contribution in [3.05, 3.63) is 84.1 Å². The number of benzene rings is 3. The van der Waals surface area contributed by atoms with E-state index in [2.05, 4.69) is 4.98 Å². The van der Waals surface area contributed by atoms with Crippen LogP contribution in [-0.2, 0) is 26.0 Å². The van der Waals surface area contributed by atoms with E-state index in [9.17, 15) is 13.2 Å². The number of H-pyrrole nitrogens is 1. The molecule has 8 nitrogen and oxygen atoms in total. The average molecular weight is 565 g/mol. The summed E-state index contributed by atoms with van der Waals surface area (Å²) in [6.07, 6.45) is 1.91. The zero-order valence-corrected chi connectivity index (χ0v) is 23.2. The van der Waals surface area contributed by atoms with Crippen LogP contribution >= 0.6 is 11.8 Å². The molecule has 1 aliphatic heterocycles. The Morgan fingerprint density at radius 1 is 1.05 bits per heavy atom. The monoisotopic (exact) mass is 564 g/mol. The third-order valence-corrected chi connectivity index (χ3v) is 8.50. The highest BCUT2D eigenvalue weighted by molar-refractivity contribution is 8.15. The first-order chi connectivity index (χ1) is 18.7. The van der Waals surface area contributed by atoms with Gasteiger partial charge in [-0.25, -0.2) is 8.42 Å². The normalized spacial score (nSPS) is 15.2. The SMILES string of the molecule is CC(=O)OCCC1CN=C(c2cc3cc(Oc4ccc(S(C)(=O)=O)cc4)cc(OCc4ccccc4)c3[nH]2)S1. The van der Waals surface area contributed by atoms with Gasteiger partial charge in [-0.1, -0.05) is 42.1 Å². The van der Waals surface area contributed by atoms with Crippen LogP contribution in [-0.4, -0.2) is 49.1 Å². The number of aromatic amines is 1. The molecule has 0 saturated carbocycles. The van der Waals surface area contributed by atoms with Crippen molar-refractivity contribution in [1.29, 1.82) is 0 Å². The molecular weight excluding hydrogens is 536 g/mol. The number of hydrogen-bond acceptors (Lipinski definition) is 8. The van der Waals surface area contributed by atoms with Gasteiger partial charge in [-0.2, -0.15) is 0 Å². The summed E-state index contributed by atoms with van der Waals surface area (Å²) < 4.78 is 41.0. The number of fused-ring (bicyclic) bond motifs is 1. The molecule has 0 fully saturated rings. The van der Waals surface area contributed by atoms with Crippen molar-refractivity contribution >= 4 is 43.5 Å². The van der Waals surface area contributed by atoms with Crippen LogP contribution in [0.2, 0.25) is 0 Å². The summed E-state index contributed by atoms with van der Waals surface area (Å²) in [5.41, 5.74) is 2.74. The third-order valence-electron chi connectivity index (χ3n) is 6.08. The zero-order valence-electron chi connectivity index (χ0n) is 21.5. The predicted octanol–water partition coefficient (Wildman–Crippen LogP) is 5.76. The van der Waals surface area contributed by atoms with Gasteiger partial charge in [-0.3, -0.25) is 9.79 Å². The van der Waals surface area contributed by atoms with Crippen LogP contribution in [0.25, 0.3) is 10.9 Å². The molecule has 202 valence electrons. The van der Waals surface area contributed by atoms with E-state index in [1.54, 1.807) is 23.9 Å². The van der Waals surface area contributed by atoms with Crippen molar-refractivity contribution in [2.24, 2.45) is 4.99 Å². The number of aliphatic imine (C=N–C) groups is 1. The highest BCUT2D eigenvalue weighted by Crippen LogP contribution is 2.36. The molecule has 1 N–H and O–H groups in total. The van der Waals surface area contributed by atoms with Crippen LogP contribution in [0.15, 0.2) is 82.7 Å². The molecule has 0 radical (unpaired) electrons. The van der Waals surface area contributed by atoms with Crippen LogP contribution in [0.1, 0.15) is 24.6 Å². The maximum atomic E-state index is 11.8. The van der Waals surface area contributed by atoms with Gasteiger partial charge in [-0.15, -0.1) is 0 Å². The van der Waals surface area contributed by atoms with E-state index in [4.69, 9.17) is 19.2 Å². The van der Waals surface area contributed by atoms with Gasteiger partial charge >= 0.3 is 5.97 Å². The summed E-state index contributed by atoms with van der Waals surface area (Å²) in [5, 5.41) is 2.03. The topological polar surface area (TPSA) is 107 Å². The Kier molecular flexibility index (Phi) is 7.94. The average Bonchev–Trinajstić information content (AvgIpc) is 3.55. The lowest BCUT2D eigenvalue weighted by Crippen LogP contribution is -2.10. The van der Waals surface area contributed by atoms with Crippen LogP contribution in [0.5, 0.6) is 17.2 Å². The summed E-state index contributed by atoms with van der Waals surface area (Å²) >= 11 is 1.66. The van der Waals surface area contributed by atoms with E-state index in [1.165, 1.54) is 25.3 Å². The number of hydrogen-bond donors (Lipinski definition) is 1. The number of aromatic nitrogens is 1. The summed E-state index contributed by atoms with van der Waals surface area (Å²) in [6.45, 7) is 2.83. The molecule has 0 saturated heterocycles. The minimum atomic E-state index is -3.30. The second kappa shape index (κ2) is 11.5. The van der Waals surface area contributed by atoms with Gasteiger partial charge in [0.15, 0.2) is 9.84 Å². The minimum Gasteiger partial charge on any atom is -0.487 e. The number of ether oxygens (including phenoxy) is 3. The first-order valence-corrected chi connectivity index (χ1v) is 15.2. The number of nitrogens with one attached hydrogen (secondary N) is 1. The smallest absolute Gasteiger partial charge is 0.302 e. The molecule has 39 heavy (non-hydrogen) atoms. The van der Waals surface area contributed by atoms with E-state index < -0.39 is 9.84 Å². The Balaban J connectivity index is 1.40. The standard InChI is InChI=1S/C29H28N2O6S2/c1-19(32)35-13-12-24-17-30-29(38-24)26-15-21-14-23(37-22-8-10-25(11-9-22)39(2,33)34)16-27(28(21)31-26)36-18-20-6-4-3-5-7-20/h3-11,14-16,24,31H,12-13,17-18H2,1-2H3. The molecule has 5 rings (SSSR count). The number of rotatable bonds is 10. The zero-order chi connectivity index (χ0) is 27.4. The molecular formula is C29H28N2O6S2. The lowest BCUT2D eigenvalue weighted by Gasteiger charge is -2.11. The fourth-order valence-electron chi connectivity index (χ4n) is 4.15. The summed E-state index contributed by atoms with van der Waals surface area (Å²) in [7, 11) is -3.30. The summed E-state index contributed by atoms with van der Waals surface area (Å²) in [4.78, 5) is 19.5. The van der Waals surface area contributed by atoms with Gasteiger partial charge in [0.2, 0.25) is 0 Å².